The van der Waals surface area contributed by atoms with Gasteiger partial charge in [-0.15, -0.1) is 11.3 Å². The number of aromatic nitrogens is 3. The molecule has 0 saturated heterocycles. The lowest BCUT2D eigenvalue weighted by atomic mass is 10.0. The molecule has 5 aromatic rings. The van der Waals surface area contributed by atoms with Gasteiger partial charge in [0.15, 0.2) is 4.80 Å². The monoisotopic (exact) mass is 454 g/mol. The summed E-state index contributed by atoms with van der Waals surface area (Å²) in [5, 5.41) is 4.58. The minimum Gasteiger partial charge on any atom is -0.497 e. The van der Waals surface area contributed by atoms with E-state index in [4.69, 9.17) is 9.73 Å². The molecule has 0 spiro atoms. The summed E-state index contributed by atoms with van der Waals surface area (Å²) in [5.41, 5.74) is 4.59. The molecule has 166 valence electrons. The Balaban J connectivity index is 1.53. The van der Waals surface area contributed by atoms with E-state index in [1.165, 1.54) is 27.6 Å². The average Bonchev–Trinajstić information content (AvgIpc) is 3.50. The van der Waals surface area contributed by atoms with Gasteiger partial charge in [0.25, 0.3) is 0 Å². The maximum Gasteiger partial charge on any atom is 0.190 e. The van der Waals surface area contributed by atoms with Gasteiger partial charge in [0, 0.05) is 30.9 Å². The van der Waals surface area contributed by atoms with Gasteiger partial charge >= 0.3 is 0 Å². The van der Waals surface area contributed by atoms with Gasteiger partial charge in [-0.3, -0.25) is 0 Å². The highest BCUT2D eigenvalue weighted by atomic mass is 32.1. The standard InChI is InChI=1S/C27H26N4OS/c1-20-4-9-24(10-5-20)29-27-31(14-3-13-30-15-12-28-19-30)26(18-33-27)23-7-6-22-17-25(32-2)11-8-21(22)16-23/h4-12,15-19H,3,13-14H2,1-2H3. The first-order chi connectivity index (χ1) is 16.2. The predicted molar refractivity (Wildman–Crippen MR) is 135 cm³/mol. The SMILES string of the molecule is COc1ccc2cc(-c3csc(=Nc4ccc(C)cc4)n3CCCn3ccnc3)ccc2c1. The van der Waals surface area contributed by atoms with Crippen molar-refractivity contribution in [2.45, 2.75) is 26.4 Å². The van der Waals surface area contributed by atoms with Crippen LogP contribution in [0.3, 0.4) is 0 Å². The zero-order valence-electron chi connectivity index (χ0n) is 18.8. The molecule has 0 aliphatic rings. The number of rotatable bonds is 7. The van der Waals surface area contributed by atoms with Gasteiger partial charge in [-0.25, -0.2) is 9.98 Å². The molecule has 0 unspecified atom stereocenters. The smallest absolute Gasteiger partial charge is 0.190 e. The van der Waals surface area contributed by atoms with Crippen LogP contribution in [-0.2, 0) is 13.1 Å². The normalized spacial score (nSPS) is 11.9. The molecule has 3 aromatic carbocycles. The van der Waals surface area contributed by atoms with Crippen LogP contribution in [0.1, 0.15) is 12.0 Å². The molecule has 0 N–H and O–H groups in total. The molecule has 5 nitrogen and oxygen atoms in total. The maximum absolute atomic E-state index is 5.38. The van der Waals surface area contributed by atoms with Gasteiger partial charge in [0.2, 0.25) is 0 Å². The van der Waals surface area contributed by atoms with Crippen LogP contribution >= 0.6 is 11.3 Å². The Morgan fingerprint density at radius 2 is 1.79 bits per heavy atom. The minimum atomic E-state index is 0.875. The lowest BCUT2D eigenvalue weighted by molar-refractivity contribution is 0.415. The van der Waals surface area contributed by atoms with Crippen LogP contribution in [0.4, 0.5) is 5.69 Å². The molecule has 0 atom stereocenters. The molecule has 2 aromatic heterocycles. The molecule has 0 aliphatic carbocycles. The van der Waals surface area contributed by atoms with E-state index >= 15 is 0 Å². The fraction of sp³-hybridized carbons (Fsp3) is 0.185. The van der Waals surface area contributed by atoms with Gasteiger partial charge in [0.1, 0.15) is 5.75 Å². The zero-order valence-corrected chi connectivity index (χ0v) is 19.6. The number of hydrogen-bond acceptors (Lipinski definition) is 4. The van der Waals surface area contributed by atoms with Crippen molar-refractivity contribution in [1.82, 2.24) is 14.1 Å². The van der Waals surface area contributed by atoms with Crippen molar-refractivity contribution in [3.8, 4) is 17.0 Å². The molecular formula is C27H26N4OS. The Morgan fingerprint density at radius 3 is 2.58 bits per heavy atom. The minimum absolute atomic E-state index is 0.875. The zero-order chi connectivity index (χ0) is 22.6. The summed E-state index contributed by atoms with van der Waals surface area (Å²) in [6, 6.07) is 21.2. The fourth-order valence-corrected chi connectivity index (χ4v) is 4.89. The third-order valence-corrected chi connectivity index (χ3v) is 6.62. The van der Waals surface area contributed by atoms with Crippen molar-refractivity contribution in [3.05, 3.63) is 95.1 Å². The average molecular weight is 455 g/mol. The first-order valence-electron chi connectivity index (χ1n) is 11.0. The summed E-state index contributed by atoms with van der Waals surface area (Å²) in [7, 11) is 1.70. The van der Waals surface area contributed by atoms with Crippen LogP contribution in [0.2, 0.25) is 0 Å². The highest BCUT2D eigenvalue weighted by molar-refractivity contribution is 7.07. The van der Waals surface area contributed by atoms with Crippen molar-refractivity contribution in [2.75, 3.05) is 7.11 Å². The summed E-state index contributed by atoms with van der Waals surface area (Å²) in [4.78, 5) is 10.1. The van der Waals surface area contributed by atoms with Gasteiger partial charge < -0.3 is 13.9 Å². The second-order valence-electron chi connectivity index (χ2n) is 8.08. The molecule has 5 rings (SSSR count). The first-order valence-corrected chi connectivity index (χ1v) is 11.9. The van der Waals surface area contributed by atoms with E-state index in [1.807, 2.05) is 24.8 Å². The summed E-state index contributed by atoms with van der Waals surface area (Å²) >= 11 is 1.69. The van der Waals surface area contributed by atoms with Crippen LogP contribution in [0.25, 0.3) is 22.0 Å². The molecule has 0 bridgehead atoms. The summed E-state index contributed by atoms with van der Waals surface area (Å²) in [5.74, 6) is 0.875. The number of aryl methyl sites for hydroxylation is 2. The van der Waals surface area contributed by atoms with Crippen molar-refractivity contribution in [2.24, 2.45) is 4.99 Å². The Bertz CT molecular complexity index is 1430. The first kappa shape index (κ1) is 21.2. The van der Waals surface area contributed by atoms with Crippen molar-refractivity contribution in [3.63, 3.8) is 0 Å². The molecule has 33 heavy (non-hydrogen) atoms. The quantitative estimate of drug-likeness (QED) is 0.294. The predicted octanol–water partition coefficient (Wildman–Crippen LogP) is 6.21. The highest BCUT2D eigenvalue weighted by Crippen LogP contribution is 2.28. The number of methoxy groups -OCH3 is 1. The number of hydrogen-bond donors (Lipinski definition) is 0. The molecule has 0 saturated carbocycles. The Kier molecular flexibility index (Phi) is 6.09. The van der Waals surface area contributed by atoms with Gasteiger partial charge in [-0.05, 0) is 60.0 Å². The van der Waals surface area contributed by atoms with Crippen molar-refractivity contribution in [1.29, 1.82) is 0 Å². The van der Waals surface area contributed by atoms with E-state index in [0.29, 0.717) is 0 Å². The van der Waals surface area contributed by atoms with Gasteiger partial charge in [-0.1, -0.05) is 35.9 Å². The second kappa shape index (κ2) is 9.46. The van der Waals surface area contributed by atoms with E-state index in [2.05, 4.69) is 81.0 Å². The van der Waals surface area contributed by atoms with Crippen LogP contribution in [0.5, 0.6) is 5.75 Å². The molecule has 0 amide bonds. The summed E-state index contributed by atoms with van der Waals surface area (Å²) in [6.07, 6.45) is 6.69. The number of thiazole rings is 1. The lowest BCUT2D eigenvalue weighted by Gasteiger charge is -2.11. The Morgan fingerprint density at radius 1 is 0.970 bits per heavy atom. The van der Waals surface area contributed by atoms with Gasteiger partial charge in [-0.2, -0.15) is 0 Å². The third kappa shape index (κ3) is 4.76. The third-order valence-electron chi connectivity index (χ3n) is 5.76. The van der Waals surface area contributed by atoms with E-state index in [0.717, 1.165) is 35.7 Å². The number of benzene rings is 3. The lowest BCUT2D eigenvalue weighted by Crippen LogP contribution is -2.17. The van der Waals surface area contributed by atoms with E-state index < -0.39 is 0 Å². The number of fused-ring (bicyclic) bond motifs is 1. The maximum atomic E-state index is 5.38. The molecule has 0 aliphatic heterocycles. The largest absolute Gasteiger partial charge is 0.497 e. The van der Waals surface area contributed by atoms with Crippen molar-refractivity contribution >= 4 is 27.8 Å². The second-order valence-corrected chi connectivity index (χ2v) is 8.92. The van der Waals surface area contributed by atoms with Crippen molar-refractivity contribution < 1.29 is 4.74 Å². The Hall–Kier alpha value is -3.64. The van der Waals surface area contributed by atoms with E-state index in [9.17, 15) is 0 Å². The summed E-state index contributed by atoms with van der Waals surface area (Å²) in [6.45, 7) is 3.89. The van der Waals surface area contributed by atoms with Crippen LogP contribution in [0.15, 0.2) is 89.8 Å². The summed E-state index contributed by atoms with van der Waals surface area (Å²) < 4.78 is 9.83. The molecule has 0 radical (unpaired) electrons. The number of imidazole rings is 1. The van der Waals surface area contributed by atoms with Gasteiger partial charge in [0.05, 0.1) is 24.8 Å². The number of ether oxygens (including phenoxy) is 1. The molecule has 6 heteroatoms. The molecular weight excluding hydrogens is 428 g/mol. The Labute approximate surface area is 197 Å². The fourth-order valence-electron chi connectivity index (χ4n) is 3.94. The van der Waals surface area contributed by atoms with Crippen LogP contribution < -0.4 is 9.54 Å². The highest BCUT2D eigenvalue weighted by Gasteiger charge is 2.10. The number of nitrogens with zero attached hydrogens (tertiary/aromatic N) is 4. The van der Waals surface area contributed by atoms with Crippen LogP contribution in [0, 0.1) is 6.92 Å². The van der Waals surface area contributed by atoms with E-state index in [-0.39, 0.29) is 0 Å². The van der Waals surface area contributed by atoms with Crippen LogP contribution in [-0.4, -0.2) is 21.2 Å². The van der Waals surface area contributed by atoms with E-state index in [1.54, 1.807) is 18.4 Å². The topological polar surface area (TPSA) is 44.3 Å². The molecule has 2 heterocycles. The molecule has 0 fully saturated rings.